The molecule has 0 amide bonds. The monoisotopic (exact) mass is 406 g/mol. The first-order valence-corrected chi connectivity index (χ1v) is 9.75. The smallest absolute Gasteiger partial charge is 0.191 e. The fraction of sp³-hybridized carbons (Fsp3) is 0.238. The minimum absolute atomic E-state index is 0.309. The summed E-state index contributed by atoms with van der Waals surface area (Å²) in [7, 11) is 0. The van der Waals surface area contributed by atoms with Crippen molar-refractivity contribution >= 4 is 11.6 Å². The second kappa shape index (κ2) is 8.73. The maximum Gasteiger partial charge on any atom is 0.191 e. The van der Waals surface area contributed by atoms with Gasteiger partial charge < -0.3 is 15.2 Å². The molecule has 154 valence electrons. The van der Waals surface area contributed by atoms with E-state index in [0.717, 1.165) is 22.9 Å². The third kappa shape index (κ3) is 4.14. The molecule has 1 aromatic carbocycles. The van der Waals surface area contributed by atoms with Crippen molar-refractivity contribution in [2.75, 3.05) is 6.54 Å². The summed E-state index contributed by atoms with van der Waals surface area (Å²) in [5.41, 5.74) is 2.04. The van der Waals surface area contributed by atoms with Crippen molar-refractivity contribution in [3.63, 3.8) is 0 Å². The molecule has 3 aromatic heterocycles. The van der Waals surface area contributed by atoms with Gasteiger partial charge in [0.25, 0.3) is 0 Å². The molecular formula is C21H23FN8. The van der Waals surface area contributed by atoms with Crippen LogP contribution in [-0.4, -0.2) is 36.7 Å². The Morgan fingerprint density at radius 3 is 2.80 bits per heavy atom. The molecule has 0 aliphatic rings. The molecule has 0 aliphatic heterocycles. The van der Waals surface area contributed by atoms with E-state index in [1.807, 2.05) is 48.7 Å². The van der Waals surface area contributed by atoms with Gasteiger partial charge >= 0.3 is 0 Å². The maximum absolute atomic E-state index is 14.6. The topological polar surface area (TPSA) is 84.4 Å². The van der Waals surface area contributed by atoms with E-state index in [4.69, 9.17) is 0 Å². The number of nitrogens with one attached hydrogen (secondary N) is 2. The summed E-state index contributed by atoms with van der Waals surface area (Å²) in [6, 6.07) is 10.9. The van der Waals surface area contributed by atoms with E-state index >= 15 is 0 Å². The van der Waals surface area contributed by atoms with Gasteiger partial charge in [0.05, 0.1) is 18.8 Å². The molecular weight excluding hydrogens is 383 g/mol. The van der Waals surface area contributed by atoms with E-state index in [0.29, 0.717) is 31.3 Å². The molecule has 0 saturated carbocycles. The molecule has 9 heteroatoms. The Kier molecular flexibility index (Phi) is 5.69. The molecule has 0 radical (unpaired) electrons. The number of fused-ring (bicyclic) bond motifs is 1. The van der Waals surface area contributed by atoms with Crippen LogP contribution in [0.1, 0.15) is 24.1 Å². The highest BCUT2D eigenvalue weighted by atomic mass is 19.1. The van der Waals surface area contributed by atoms with Gasteiger partial charge in [0.15, 0.2) is 17.4 Å². The van der Waals surface area contributed by atoms with E-state index < -0.39 is 0 Å². The average molecular weight is 406 g/mol. The van der Waals surface area contributed by atoms with Gasteiger partial charge in [-0.2, -0.15) is 0 Å². The number of halogens is 1. The third-order valence-corrected chi connectivity index (χ3v) is 4.66. The zero-order chi connectivity index (χ0) is 20.9. The highest BCUT2D eigenvalue weighted by Crippen LogP contribution is 2.17. The molecule has 0 unspecified atom stereocenters. The lowest BCUT2D eigenvalue weighted by atomic mass is 10.2. The van der Waals surface area contributed by atoms with E-state index in [1.165, 1.54) is 6.07 Å². The summed E-state index contributed by atoms with van der Waals surface area (Å²) in [6.07, 6.45) is 5.32. The number of benzene rings is 1. The molecule has 0 saturated heterocycles. The van der Waals surface area contributed by atoms with Crippen LogP contribution >= 0.6 is 0 Å². The number of imidazole rings is 1. The van der Waals surface area contributed by atoms with Crippen LogP contribution in [0.4, 0.5) is 4.39 Å². The van der Waals surface area contributed by atoms with Gasteiger partial charge in [0.2, 0.25) is 0 Å². The van der Waals surface area contributed by atoms with Crippen molar-refractivity contribution in [3.05, 3.63) is 78.0 Å². The number of pyridine rings is 1. The van der Waals surface area contributed by atoms with Crippen molar-refractivity contribution in [1.82, 2.24) is 34.8 Å². The second-order valence-electron chi connectivity index (χ2n) is 6.72. The lowest BCUT2D eigenvalue weighted by Crippen LogP contribution is -2.37. The fourth-order valence-corrected chi connectivity index (χ4v) is 3.16. The van der Waals surface area contributed by atoms with E-state index in [-0.39, 0.29) is 5.82 Å². The van der Waals surface area contributed by atoms with Crippen molar-refractivity contribution in [2.45, 2.75) is 26.9 Å². The first kappa shape index (κ1) is 19.6. The number of rotatable bonds is 6. The molecule has 0 bridgehead atoms. The lowest BCUT2D eigenvalue weighted by molar-refractivity contribution is 0.614. The Bertz CT molecular complexity index is 1180. The third-order valence-electron chi connectivity index (χ3n) is 4.66. The second-order valence-corrected chi connectivity index (χ2v) is 6.72. The predicted octanol–water partition coefficient (Wildman–Crippen LogP) is 2.62. The van der Waals surface area contributed by atoms with Crippen LogP contribution in [-0.2, 0) is 13.1 Å². The lowest BCUT2D eigenvalue weighted by Gasteiger charge is -2.11. The maximum atomic E-state index is 14.6. The SMILES string of the molecule is CCNC(=NCc1ccc(-n2ccnc2C)c(F)c1)NCc1nnc2ccccn12. The molecule has 0 fully saturated rings. The van der Waals surface area contributed by atoms with Gasteiger partial charge in [0.1, 0.15) is 11.6 Å². The van der Waals surface area contributed by atoms with Gasteiger partial charge in [-0.1, -0.05) is 12.1 Å². The van der Waals surface area contributed by atoms with Gasteiger partial charge in [0, 0.05) is 25.1 Å². The molecule has 8 nitrogen and oxygen atoms in total. The molecule has 0 atom stereocenters. The van der Waals surface area contributed by atoms with Crippen LogP contribution in [0.25, 0.3) is 11.3 Å². The van der Waals surface area contributed by atoms with Gasteiger partial charge in [-0.25, -0.2) is 14.4 Å². The summed E-state index contributed by atoms with van der Waals surface area (Å²) in [5, 5.41) is 14.8. The fourth-order valence-electron chi connectivity index (χ4n) is 3.16. The molecule has 0 aliphatic carbocycles. The summed E-state index contributed by atoms with van der Waals surface area (Å²) < 4.78 is 18.2. The Morgan fingerprint density at radius 1 is 1.13 bits per heavy atom. The normalized spacial score (nSPS) is 11.8. The number of aliphatic imine (C=N–C) groups is 1. The first-order chi connectivity index (χ1) is 14.7. The first-order valence-electron chi connectivity index (χ1n) is 9.75. The number of hydrogen-bond donors (Lipinski definition) is 2. The quantitative estimate of drug-likeness (QED) is 0.380. The van der Waals surface area contributed by atoms with Crippen LogP contribution < -0.4 is 10.6 Å². The Morgan fingerprint density at radius 2 is 2.03 bits per heavy atom. The minimum Gasteiger partial charge on any atom is -0.357 e. The standard InChI is InChI=1S/C21H23FN8/c1-3-23-21(26-14-20-28-27-19-6-4-5-10-30(19)20)25-13-16-7-8-18(17(22)12-16)29-11-9-24-15(29)2/h4-12H,3,13-14H2,1-2H3,(H2,23,25,26). The molecule has 4 aromatic rings. The van der Waals surface area contributed by atoms with Crippen LogP contribution in [0, 0.1) is 12.7 Å². The number of guanidine groups is 1. The molecule has 4 rings (SSSR count). The number of aromatic nitrogens is 5. The Balaban J connectivity index is 1.46. The summed E-state index contributed by atoms with van der Waals surface area (Å²) in [6.45, 7) is 5.34. The molecule has 2 N–H and O–H groups in total. The zero-order valence-electron chi connectivity index (χ0n) is 16.9. The van der Waals surface area contributed by atoms with Gasteiger partial charge in [-0.05, 0) is 43.7 Å². The highest BCUT2D eigenvalue weighted by molar-refractivity contribution is 5.79. The van der Waals surface area contributed by atoms with Gasteiger partial charge in [-0.15, -0.1) is 10.2 Å². The molecule has 3 heterocycles. The van der Waals surface area contributed by atoms with Crippen LogP contribution in [0.5, 0.6) is 0 Å². The minimum atomic E-state index is -0.309. The number of aryl methyl sites for hydroxylation is 1. The van der Waals surface area contributed by atoms with Gasteiger partial charge in [-0.3, -0.25) is 4.40 Å². The van der Waals surface area contributed by atoms with Crippen LogP contribution in [0.15, 0.2) is 60.0 Å². The van der Waals surface area contributed by atoms with Crippen molar-refractivity contribution < 1.29 is 4.39 Å². The van der Waals surface area contributed by atoms with E-state index in [9.17, 15) is 4.39 Å². The van der Waals surface area contributed by atoms with Crippen LogP contribution in [0.3, 0.4) is 0 Å². The number of nitrogens with zero attached hydrogens (tertiary/aromatic N) is 6. The van der Waals surface area contributed by atoms with Crippen molar-refractivity contribution in [2.24, 2.45) is 4.99 Å². The van der Waals surface area contributed by atoms with Crippen LogP contribution in [0.2, 0.25) is 0 Å². The Hall–Kier alpha value is -3.75. The average Bonchev–Trinajstić information content (AvgIpc) is 3.36. The highest BCUT2D eigenvalue weighted by Gasteiger charge is 2.09. The molecule has 0 spiro atoms. The summed E-state index contributed by atoms with van der Waals surface area (Å²) >= 11 is 0. The predicted molar refractivity (Wildman–Crippen MR) is 113 cm³/mol. The van der Waals surface area contributed by atoms with E-state index in [2.05, 4.69) is 30.8 Å². The Labute approximate surface area is 173 Å². The number of hydrogen-bond acceptors (Lipinski definition) is 4. The molecule has 30 heavy (non-hydrogen) atoms. The van der Waals surface area contributed by atoms with Crippen molar-refractivity contribution in [1.29, 1.82) is 0 Å². The summed E-state index contributed by atoms with van der Waals surface area (Å²) in [4.78, 5) is 8.71. The summed E-state index contributed by atoms with van der Waals surface area (Å²) in [5.74, 6) is 1.83. The largest absolute Gasteiger partial charge is 0.357 e. The van der Waals surface area contributed by atoms with Crippen molar-refractivity contribution in [3.8, 4) is 5.69 Å². The zero-order valence-corrected chi connectivity index (χ0v) is 16.9. The van der Waals surface area contributed by atoms with E-state index in [1.54, 1.807) is 23.0 Å².